The fraction of sp³-hybridized carbons (Fsp3) is 0.611. The first-order valence-corrected chi connectivity index (χ1v) is 8.27. The maximum atomic E-state index is 12.4. The summed E-state index contributed by atoms with van der Waals surface area (Å²) in [4.78, 5) is 14.8. The van der Waals surface area contributed by atoms with Gasteiger partial charge in [0.05, 0.1) is 6.10 Å². The van der Waals surface area contributed by atoms with Crippen LogP contribution in [0.1, 0.15) is 50.9 Å². The minimum absolute atomic E-state index is 0.00259. The van der Waals surface area contributed by atoms with Gasteiger partial charge < -0.3 is 15.0 Å². The van der Waals surface area contributed by atoms with Crippen molar-refractivity contribution in [1.29, 1.82) is 0 Å². The van der Waals surface area contributed by atoms with Crippen LogP contribution < -0.4 is 10.1 Å². The van der Waals surface area contributed by atoms with Gasteiger partial charge in [-0.25, -0.2) is 0 Å². The van der Waals surface area contributed by atoms with Gasteiger partial charge in [0.2, 0.25) is 0 Å². The van der Waals surface area contributed by atoms with Gasteiger partial charge in [-0.3, -0.25) is 4.79 Å². The van der Waals surface area contributed by atoms with Crippen LogP contribution in [0.15, 0.2) is 24.3 Å². The number of hydrogen-bond donors (Lipinski definition) is 1. The van der Waals surface area contributed by atoms with Gasteiger partial charge in [-0.05, 0) is 58.7 Å². The zero-order valence-electron chi connectivity index (χ0n) is 14.1. The molecule has 0 atom stereocenters. The average molecular weight is 304 g/mol. The Balaban J connectivity index is 1.90. The molecule has 2 rings (SSSR count). The van der Waals surface area contributed by atoms with Crippen LogP contribution in [0.25, 0.3) is 0 Å². The fourth-order valence-corrected chi connectivity index (χ4v) is 2.81. The maximum Gasteiger partial charge on any atom is 0.251 e. The first-order chi connectivity index (χ1) is 10.5. The topological polar surface area (TPSA) is 41.6 Å². The number of ether oxygens (including phenoxy) is 1. The number of rotatable bonds is 5. The molecular formula is C18H28N2O2. The molecule has 4 heteroatoms. The van der Waals surface area contributed by atoms with Crippen LogP contribution in [-0.4, -0.2) is 42.1 Å². The molecule has 0 spiro atoms. The highest BCUT2D eigenvalue weighted by atomic mass is 16.5. The van der Waals surface area contributed by atoms with Crippen LogP contribution >= 0.6 is 0 Å². The Bertz CT molecular complexity index is 492. The number of carbonyl (C=O) groups is 1. The Morgan fingerprint density at radius 3 is 2.50 bits per heavy atom. The Kier molecular flexibility index (Phi) is 5.83. The zero-order chi connectivity index (χ0) is 16.1. The highest BCUT2D eigenvalue weighted by Gasteiger charge is 2.22. The minimum Gasteiger partial charge on any atom is -0.491 e. The molecular weight excluding hydrogens is 276 g/mol. The second-order valence-corrected chi connectivity index (χ2v) is 6.57. The van der Waals surface area contributed by atoms with Crippen LogP contribution in [0.5, 0.6) is 5.75 Å². The normalized spacial score (nSPS) is 17.0. The van der Waals surface area contributed by atoms with Gasteiger partial charge in [-0.1, -0.05) is 6.07 Å². The van der Waals surface area contributed by atoms with Crippen LogP contribution in [0.4, 0.5) is 0 Å². The Morgan fingerprint density at radius 1 is 1.23 bits per heavy atom. The molecule has 1 heterocycles. The number of benzene rings is 1. The molecule has 4 nitrogen and oxygen atoms in total. The summed E-state index contributed by atoms with van der Waals surface area (Å²) in [5.41, 5.74) is 0.671. The summed E-state index contributed by atoms with van der Waals surface area (Å²) in [5.74, 6) is 0.745. The van der Waals surface area contributed by atoms with E-state index in [1.807, 2.05) is 38.1 Å². The third-order valence-electron chi connectivity index (χ3n) is 4.06. The van der Waals surface area contributed by atoms with E-state index in [0.717, 1.165) is 31.7 Å². The maximum absolute atomic E-state index is 12.4. The molecule has 0 radical (unpaired) electrons. The van der Waals surface area contributed by atoms with E-state index >= 15 is 0 Å². The van der Waals surface area contributed by atoms with Crippen LogP contribution in [-0.2, 0) is 0 Å². The molecule has 0 bridgehead atoms. The lowest BCUT2D eigenvalue weighted by Gasteiger charge is -2.34. The van der Waals surface area contributed by atoms with E-state index in [9.17, 15) is 4.79 Å². The average Bonchev–Trinajstić information content (AvgIpc) is 2.47. The van der Waals surface area contributed by atoms with E-state index < -0.39 is 0 Å². The molecule has 0 aliphatic carbocycles. The molecule has 1 aromatic rings. The summed E-state index contributed by atoms with van der Waals surface area (Å²) in [7, 11) is 0. The van der Waals surface area contributed by atoms with E-state index in [4.69, 9.17) is 4.74 Å². The third kappa shape index (κ3) is 4.73. The van der Waals surface area contributed by atoms with Crippen molar-refractivity contribution in [3.63, 3.8) is 0 Å². The van der Waals surface area contributed by atoms with Crippen molar-refractivity contribution < 1.29 is 9.53 Å². The summed E-state index contributed by atoms with van der Waals surface area (Å²) in [6.45, 7) is 10.5. The van der Waals surface area contributed by atoms with E-state index in [1.54, 1.807) is 0 Å². The largest absolute Gasteiger partial charge is 0.491 e. The first kappa shape index (κ1) is 16.8. The van der Waals surface area contributed by atoms with E-state index in [2.05, 4.69) is 24.1 Å². The first-order valence-electron chi connectivity index (χ1n) is 8.27. The Hall–Kier alpha value is -1.55. The zero-order valence-corrected chi connectivity index (χ0v) is 14.1. The highest BCUT2D eigenvalue weighted by Crippen LogP contribution is 2.17. The summed E-state index contributed by atoms with van der Waals surface area (Å²) in [6.07, 6.45) is 2.15. The lowest BCUT2D eigenvalue weighted by molar-refractivity contribution is 0.0900. The molecule has 1 aliphatic rings. The molecule has 1 N–H and O–H groups in total. The fourth-order valence-electron chi connectivity index (χ4n) is 2.81. The van der Waals surface area contributed by atoms with Crippen molar-refractivity contribution in [2.24, 2.45) is 0 Å². The van der Waals surface area contributed by atoms with Crippen LogP contribution in [0, 0.1) is 0 Å². The predicted octanol–water partition coefficient (Wildman–Crippen LogP) is 3.08. The summed E-state index contributed by atoms with van der Waals surface area (Å²) < 4.78 is 5.65. The second kappa shape index (κ2) is 7.63. The molecule has 0 saturated carbocycles. The van der Waals surface area contributed by atoms with Gasteiger partial charge in [-0.15, -0.1) is 0 Å². The standard InChI is InChI=1S/C18H28N2O2/c1-13(2)20-10-8-16(9-11-20)19-18(21)15-6-5-7-17(12-15)22-14(3)4/h5-7,12-14,16H,8-11H2,1-4H3,(H,19,21). The molecule has 1 saturated heterocycles. The van der Waals surface area contributed by atoms with Crippen LogP contribution in [0.3, 0.4) is 0 Å². The van der Waals surface area contributed by atoms with Crippen molar-refractivity contribution >= 4 is 5.91 Å². The van der Waals surface area contributed by atoms with Crippen molar-refractivity contribution in [3.05, 3.63) is 29.8 Å². The number of piperidine rings is 1. The van der Waals surface area contributed by atoms with E-state index in [0.29, 0.717) is 11.6 Å². The molecule has 122 valence electrons. The van der Waals surface area contributed by atoms with Gasteiger partial charge in [0, 0.05) is 30.7 Å². The number of carbonyl (C=O) groups excluding carboxylic acids is 1. The number of hydrogen-bond acceptors (Lipinski definition) is 3. The highest BCUT2D eigenvalue weighted by molar-refractivity contribution is 5.94. The quantitative estimate of drug-likeness (QED) is 0.909. The summed E-state index contributed by atoms with van der Waals surface area (Å²) in [5, 5.41) is 3.15. The molecule has 1 fully saturated rings. The molecule has 0 aromatic heterocycles. The van der Waals surface area contributed by atoms with E-state index in [-0.39, 0.29) is 18.1 Å². The summed E-state index contributed by atoms with van der Waals surface area (Å²) in [6, 6.07) is 8.27. The second-order valence-electron chi connectivity index (χ2n) is 6.57. The minimum atomic E-state index is -0.00259. The number of nitrogens with zero attached hydrogens (tertiary/aromatic N) is 1. The van der Waals surface area contributed by atoms with Crippen molar-refractivity contribution in [3.8, 4) is 5.75 Å². The number of amides is 1. The molecule has 1 aliphatic heterocycles. The third-order valence-corrected chi connectivity index (χ3v) is 4.06. The number of nitrogens with one attached hydrogen (secondary N) is 1. The van der Waals surface area contributed by atoms with Crippen LogP contribution in [0.2, 0.25) is 0 Å². The van der Waals surface area contributed by atoms with Crippen molar-refractivity contribution in [1.82, 2.24) is 10.2 Å². The number of likely N-dealkylation sites (tertiary alicyclic amines) is 1. The SMILES string of the molecule is CC(C)Oc1cccc(C(=O)NC2CCN(C(C)C)CC2)c1. The lowest BCUT2D eigenvalue weighted by Crippen LogP contribution is -2.46. The lowest BCUT2D eigenvalue weighted by atomic mass is 10.0. The summed E-state index contributed by atoms with van der Waals surface area (Å²) >= 11 is 0. The molecule has 1 amide bonds. The monoisotopic (exact) mass is 304 g/mol. The molecule has 1 aromatic carbocycles. The van der Waals surface area contributed by atoms with E-state index in [1.165, 1.54) is 0 Å². The van der Waals surface area contributed by atoms with Gasteiger partial charge >= 0.3 is 0 Å². The molecule has 0 unspecified atom stereocenters. The Morgan fingerprint density at radius 2 is 1.91 bits per heavy atom. The van der Waals surface area contributed by atoms with Crippen molar-refractivity contribution in [2.45, 2.75) is 58.7 Å². The smallest absolute Gasteiger partial charge is 0.251 e. The van der Waals surface area contributed by atoms with Gasteiger partial charge in [0.25, 0.3) is 5.91 Å². The van der Waals surface area contributed by atoms with Gasteiger partial charge in [-0.2, -0.15) is 0 Å². The van der Waals surface area contributed by atoms with Crippen molar-refractivity contribution in [2.75, 3.05) is 13.1 Å². The van der Waals surface area contributed by atoms with Gasteiger partial charge in [0.15, 0.2) is 0 Å². The Labute approximate surface area is 133 Å². The molecule has 22 heavy (non-hydrogen) atoms. The predicted molar refractivity (Wildman–Crippen MR) is 89.4 cm³/mol. The van der Waals surface area contributed by atoms with Gasteiger partial charge in [0.1, 0.15) is 5.75 Å².